The van der Waals surface area contributed by atoms with Crippen LogP contribution in [0, 0.1) is 11.8 Å². The summed E-state index contributed by atoms with van der Waals surface area (Å²) in [6, 6.07) is 8.81. The zero-order chi connectivity index (χ0) is 15.2. The number of carbonyl (C=O) groups excluding carboxylic acids is 1. The number of hydrogen-bond donors (Lipinski definition) is 2. The highest BCUT2D eigenvalue weighted by molar-refractivity contribution is 7.10. The van der Waals surface area contributed by atoms with Gasteiger partial charge in [-0.2, -0.15) is 0 Å². The lowest BCUT2D eigenvalue weighted by Crippen LogP contribution is -2.26. The Hall–Kier alpha value is -1.80. The molecule has 1 unspecified atom stereocenters. The number of benzene rings is 1. The molecule has 1 aromatic heterocycles. The fourth-order valence-corrected chi connectivity index (χ4v) is 2.74. The van der Waals surface area contributed by atoms with Gasteiger partial charge < -0.3 is 10.4 Å². The van der Waals surface area contributed by atoms with Crippen LogP contribution in [0.4, 0.5) is 0 Å². The molecule has 1 heterocycles. The highest BCUT2D eigenvalue weighted by Gasteiger charge is 2.13. The maximum absolute atomic E-state index is 12.2. The van der Waals surface area contributed by atoms with Crippen molar-refractivity contribution >= 4 is 28.8 Å². The van der Waals surface area contributed by atoms with Gasteiger partial charge in [0.25, 0.3) is 5.91 Å². The smallest absolute Gasteiger partial charge is 0.251 e. The van der Waals surface area contributed by atoms with Gasteiger partial charge in [-0.3, -0.25) is 4.79 Å². The minimum absolute atomic E-state index is 0.0508. The van der Waals surface area contributed by atoms with Crippen LogP contribution in [0.2, 0.25) is 5.02 Å². The molecular formula is C16H14ClNO2S. The molecule has 0 fully saturated rings. The van der Waals surface area contributed by atoms with Crippen LogP contribution in [0.25, 0.3) is 0 Å². The zero-order valence-electron chi connectivity index (χ0n) is 11.4. The number of aliphatic hydroxyl groups excluding tert-OH is 1. The van der Waals surface area contributed by atoms with Gasteiger partial charge in [-0.25, -0.2) is 0 Å². The lowest BCUT2D eigenvalue weighted by Gasteiger charge is -2.12. The molecular weight excluding hydrogens is 306 g/mol. The van der Waals surface area contributed by atoms with E-state index in [1.165, 1.54) is 0 Å². The van der Waals surface area contributed by atoms with Gasteiger partial charge in [0.1, 0.15) is 6.61 Å². The second-order valence-corrected chi connectivity index (χ2v) is 5.75. The monoisotopic (exact) mass is 319 g/mol. The van der Waals surface area contributed by atoms with Crippen LogP contribution < -0.4 is 5.32 Å². The van der Waals surface area contributed by atoms with Crippen LogP contribution in [0.3, 0.4) is 0 Å². The van der Waals surface area contributed by atoms with Crippen LogP contribution in [0.15, 0.2) is 35.7 Å². The second-order valence-electron chi connectivity index (χ2n) is 4.37. The number of nitrogens with one attached hydrogen (secondary N) is 1. The van der Waals surface area contributed by atoms with Crippen molar-refractivity contribution in [2.45, 2.75) is 13.0 Å². The quantitative estimate of drug-likeness (QED) is 0.853. The largest absolute Gasteiger partial charge is 0.384 e. The fraction of sp³-hybridized carbons (Fsp3) is 0.188. The predicted molar refractivity (Wildman–Crippen MR) is 85.6 cm³/mol. The van der Waals surface area contributed by atoms with Gasteiger partial charge in [0.15, 0.2) is 0 Å². The van der Waals surface area contributed by atoms with Gasteiger partial charge in [0, 0.05) is 16.0 Å². The van der Waals surface area contributed by atoms with Crippen molar-refractivity contribution in [2.24, 2.45) is 0 Å². The van der Waals surface area contributed by atoms with Crippen molar-refractivity contribution in [3.05, 3.63) is 56.7 Å². The van der Waals surface area contributed by atoms with Crippen molar-refractivity contribution in [3.8, 4) is 11.8 Å². The Morgan fingerprint density at radius 2 is 2.29 bits per heavy atom. The Kier molecular flexibility index (Phi) is 5.40. The molecule has 0 bridgehead atoms. The molecule has 5 heteroatoms. The van der Waals surface area contributed by atoms with E-state index in [2.05, 4.69) is 17.2 Å². The van der Waals surface area contributed by atoms with E-state index in [-0.39, 0.29) is 18.6 Å². The Bertz CT molecular complexity index is 686. The molecule has 21 heavy (non-hydrogen) atoms. The number of amides is 1. The SMILES string of the molecule is CC(NC(=O)c1ccc(C#CCO)c(Cl)c1)c1cccs1. The Balaban J connectivity index is 2.11. The summed E-state index contributed by atoms with van der Waals surface area (Å²) in [6.07, 6.45) is 0. The Labute approximate surface area is 132 Å². The molecule has 3 nitrogen and oxygen atoms in total. The molecule has 0 radical (unpaired) electrons. The summed E-state index contributed by atoms with van der Waals surface area (Å²) in [5, 5.41) is 14.0. The van der Waals surface area contributed by atoms with E-state index in [1.807, 2.05) is 24.4 Å². The van der Waals surface area contributed by atoms with Crippen molar-refractivity contribution in [1.82, 2.24) is 5.32 Å². The van der Waals surface area contributed by atoms with Crippen LogP contribution in [-0.2, 0) is 0 Å². The third kappa shape index (κ3) is 4.08. The van der Waals surface area contributed by atoms with Gasteiger partial charge in [-0.1, -0.05) is 29.5 Å². The molecule has 0 saturated heterocycles. The zero-order valence-corrected chi connectivity index (χ0v) is 13.0. The third-order valence-electron chi connectivity index (χ3n) is 2.85. The van der Waals surface area contributed by atoms with E-state index in [1.54, 1.807) is 29.5 Å². The minimum Gasteiger partial charge on any atom is -0.384 e. The van der Waals surface area contributed by atoms with E-state index in [9.17, 15) is 4.79 Å². The lowest BCUT2D eigenvalue weighted by atomic mass is 10.1. The van der Waals surface area contributed by atoms with E-state index >= 15 is 0 Å². The summed E-state index contributed by atoms with van der Waals surface area (Å²) < 4.78 is 0. The number of carbonyl (C=O) groups is 1. The number of aliphatic hydroxyl groups is 1. The topological polar surface area (TPSA) is 49.3 Å². The van der Waals surface area contributed by atoms with Crippen LogP contribution in [0.5, 0.6) is 0 Å². The highest BCUT2D eigenvalue weighted by Crippen LogP contribution is 2.20. The number of thiophene rings is 1. The number of hydrogen-bond acceptors (Lipinski definition) is 3. The van der Waals surface area contributed by atoms with Gasteiger partial charge in [-0.05, 0) is 36.6 Å². The molecule has 1 amide bonds. The van der Waals surface area contributed by atoms with Gasteiger partial charge in [0.05, 0.1) is 11.1 Å². The average molecular weight is 320 g/mol. The lowest BCUT2D eigenvalue weighted by molar-refractivity contribution is 0.0940. The first kappa shape index (κ1) is 15.6. The fourth-order valence-electron chi connectivity index (χ4n) is 1.78. The molecule has 1 aromatic carbocycles. The van der Waals surface area contributed by atoms with Crippen LogP contribution in [0.1, 0.15) is 33.8 Å². The van der Waals surface area contributed by atoms with Gasteiger partial charge >= 0.3 is 0 Å². The van der Waals surface area contributed by atoms with Crippen LogP contribution in [-0.4, -0.2) is 17.6 Å². The van der Waals surface area contributed by atoms with Crippen molar-refractivity contribution in [1.29, 1.82) is 0 Å². The molecule has 0 aliphatic heterocycles. The molecule has 108 valence electrons. The average Bonchev–Trinajstić information content (AvgIpc) is 3.00. The number of rotatable bonds is 3. The van der Waals surface area contributed by atoms with Crippen molar-refractivity contribution in [2.75, 3.05) is 6.61 Å². The second kappa shape index (κ2) is 7.28. The standard InChI is InChI=1S/C16H14ClNO2S/c1-11(15-5-3-9-21-15)18-16(20)13-7-6-12(4-2-8-19)14(17)10-13/h3,5-7,9-11,19H,8H2,1H3,(H,18,20). The summed E-state index contributed by atoms with van der Waals surface area (Å²) in [5.74, 6) is 5.08. The van der Waals surface area contributed by atoms with Crippen LogP contribution >= 0.6 is 22.9 Å². The molecule has 0 aliphatic rings. The maximum atomic E-state index is 12.2. The first-order valence-corrected chi connectivity index (χ1v) is 7.61. The molecule has 0 saturated carbocycles. The van der Waals surface area contributed by atoms with Gasteiger partial charge in [0.2, 0.25) is 0 Å². The number of halogens is 1. The van der Waals surface area contributed by atoms with Crippen molar-refractivity contribution in [3.63, 3.8) is 0 Å². The van der Waals surface area contributed by atoms with E-state index in [0.717, 1.165) is 4.88 Å². The normalized spacial score (nSPS) is 11.4. The summed E-state index contributed by atoms with van der Waals surface area (Å²) in [5.41, 5.74) is 1.08. The predicted octanol–water partition coefficient (Wildman–Crippen LogP) is 3.24. The molecule has 0 aliphatic carbocycles. The van der Waals surface area contributed by atoms with E-state index < -0.39 is 0 Å². The van der Waals surface area contributed by atoms with E-state index in [0.29, 0.717) is 16.1 Å². The highest BCUT2D eigenvalue weighted by atomic mass is 35.5. The molecule has 2 N–H and O–H groups in total. The summed E-state index contributed by atoms with van der Waals surface area (Å²) in [6.45, 7) is 1.71. The van der Waals surface area contributed by atoms with Gasteiger partial charge in [-0.15, -0.1) is 11.3 Å². The first-order valence-electron chi connectivity index (χ1n) is 6.35. The molecule has 2 aromatic rings. The molecule has 1 atom stereocenters. The third-order valence-corrected chi connectivity index (χ3v) is 4.22. The van der Waals surface area contributed by atoms with Crippen molar-refractivity contribution < 1.29 is 9.90 Å². The molecule has 0 spiro atoms. The summed E-state index contributed by atoms with van der Waals surface area (Å²) in [7, 11) is 0. The van der Waals surface area contributed by atoms with E-state index in [4.69, 9.17) is 16.7 Å². The molecule has 2 rings (SSSR count). The summed E-state index contributed by atoms with van der Waals surface area (Å²) in [4.78, 5) is 13.3. The Morgan fingerprint density at radius 1 is 1.48 bits per heavy atom. The maximum Gasteiger partial charge on any atom is 0.251 e. The Morgan fingerprint density at radius 3 is 2.90 bits per heavy atom. The first-order chi connectivity index (χ1) is 10.1. The minimum atomic E-state index is -0.225. The summed E-state index contributed by atoms with van der Waals surface area (Å²) >= 11 is 7.68.